The first kappa shape index (κ1) is 14.4. The highest BCUT2D eigenvalue weighted by molar-refractivity contribution is 5.86. The number of ether oxygens (including phenoxy) is 1. The third kappa shape index (κ3) is 1.88. The van der Waals surface area contributed by atoms with Gasteiger partial charge in [-0.25, -0.2) is 15.0 Å². The Morgan fingerprint density at radius 1 is 1.39 bits per heavy atom. The quantitative estimate of drug-likeness (QED) is 0.869. The summed E-state index contributed by atoms with van der Waals surface area (Å²) in [4.78, 5) is 31.0. The average molecular weight is 315 g/mol. The molecule has 2 bridgehead atoms. The van der Waals surface area contributed by atoms with Crippen molar-refractivity contribution in [2.24, 2.45) is 5.41 Å². The van der Waals surface area contributed by atoms with Crippen LogP contribution in [0, 0.1) is 5.41 Å². The van der Waals surface area contributed by atoms with Crippen molar-refractivity contribution in [3.8, 4) is 0 Å². The van der Waals surface area contributed by atoms with Crippen molar-refractivity contribution < 1.29 is 9.53 Å². The second-order valence-electron chi connectivity index (χ2n) is 6.39. The van der Waals surface area contributed by atoms with E-state index in [2.05, 4.69) is 31.8 Å². The Bertz CT molecular complexity index is 745. The number of imidazole rings is 1. The minimum Gasteiger partial charge on any atom is -0.466 e. The smallest absolute Gasteiger partial charge is 0.314 e. The lowest BCUT2D eigenvalue weighted by atomic mass is 9.72. The summed E-state index contributed by atoms with van der Waals surface area (Å²) in [5, 5.41) is 0. The van der Waals surface area contributed by atoms with Crippen LogP contribution in [0.25, 0.3) is 11.2 Å². The molecule has 2 aromatic heterocycles. The first-order valence-corrected chi connectivity index (χ1v) is 8.31. The minimum absolute atomic E-state index is 0.0605. The number of aromatic nitrogens is 4. The van der Waals surface area contributed by atoms with Crippen molar-refractivity contribution >= 4 is 23.0 Å². The van der Waals surface area contributed by atoms with E-state index in [-0.39, 0.29) is 12.0 Å². The molecule has 4 heterocycles. The fourth-order valence-electron chi connectivity index (χ4n) is 4.47. The van der Waals surface area contributed by atoms with Gasteiger partial charge in [-0.05, 0) is 32.6 Å². The molecule has 23 heavy (non-hydrogen) atoms. The number of carbonyl (C=O) groups excluding carboxylic acids is 1. The predicted octanol–water partition coefficient (Wildman–Crippen LogP) is 2.05. The largest absolute Gasteiger partial charge is 0.466 e. The summed E-state index contributed by atoms with van der Waals surface area (Å²) in [6.45, 7) is 4.38. The van der Waals surface area contributed by atoms with Gasteiger partial charge in [0, 0.05) is 12.1 Å². The fourth-order valence-corrected chi connectivity index (χ4v) is 4.47. The Morgan fingerprint density at radius 2 is 2.26 bits per heavy atom. The van der Waals surface area contributed by atoms with E-state index < -0.39 is 5.41 Å². The Hall–Kier alpha value is -2.18. The van der Waals surface area contributed by atoms with Gasteiger partial charge in [-0.2, -0.15) is 0 Å². The Kier molecular flexibility index (Phi) is 3.25. The van der Waals surface area contributed by atoms with Crippen LogP contribution in [-0.2, 0) is 9.53 Å². The number of H-pyrrole nitrogens is 1. The van der Waals surface area contributed by atoms with Gasteiger partial charge in [0.1, 0.15) is 11.8 Å². The van der Waals surface area contributed by atoms with Gasteiger partial charge in [-0.3, -0.25) is 4.79 Å². The van der Waals surface area contributed by atoms with Crippen LogP contribution in [0.2, 0.25) is 0 Å². The summed E-state index contributed by atoms with van der Waals surface area (Å²) >= 11 is 0. The number of esters is 1. The van der Waals surface area contributed by atoms with Gasteiger partial charge < -0.3 is 14.6 Å². The maximum Gasteiger partial charge on any atom is 0.314 e. The molecule has 2 aromatic rings. The van der Waals surface area contributed by atoms with Crippen LogP contribution < -0.4 is 4.90 Å². The van der Waals surface area contributed by atoms with Crippen LogP contribution >= 0.6 is 0 Å². The van der Waals surface area contributed by atoms with Gasteiger partial charge >= 0.3 is 5.97 Å². The van der Waals surface area contributed by atoms with Gasteiger partial charge in [0.25, 0.3) is 0 Å². The molecule has 122 valence electrons. The van der Waals surface area contributed by atoms with Crippen molar-refractivity contribution in [2.45, 2.75) is 51.6 Å². The number of anilines is 1. The van der Waals surface area contributed by atoms with Crippen LogP contribution in [-0.4, -0.2) is 44.6 Å². The molecule has 7 nitrogen and oxygen atoms in total. The zero-order valence-corrected chi connectivity index (χ0v) is 13.5. The third-order valence-corrected chi connectivity index (χ3v) is 5.50. The Morgan fingerprint density at radius 3 is 3.04 bits per heavy atom. The first-order valence-electron chi connectivity index (χ1n) is 8.31. The van der Waals surface area contributed by atoms with Crippen molar-refractivity contribution in [3.05, 3.63) is 12.7 Å². The number of fused-ring (bicyclic) bond motifs is 3. The number of aromatic amines is 1. The van der Waals surface area contributed by atoms with E-state index in [9.17, 15) is 4.79 Å². The standard InChI is InChI=1S/C16H21N5O2/c1-3-16(15(22)23-4-2)7-10-5-6-11(16)21(10)14-12-13(18-8-17-12)19-9-20-14/h8-11H,3-7H2,1-2H3,(H,17,18,19,20)/t10-,11+,16+/m1/s1. The molecule has 4 rings (SSSR count). The molecule has 0 aromatic carbocycles. The van der Waals surface area contributed by atoms with E-state index in [1.165, 1.54) is 0 Å². The number of hydrogen-bond acceptors (Lipinski definition) is 6. The van der Waals surface area contributed by atoms with Crippen LogP contribution in [0.3, 0.4) is 0 Å². The van der Waals surface area contributed by atoms with Crippen molar-refractivity contribution in [3.63, 3.8) is 0 Å². The van der Waals surface area contributed by atoms with E-state index in [0.29, 0.717) is 18.3 Å². The summed E-state index contributed by atoms with van der Waals surface area (Å²) < 4.78 is 5.41. The molecule has 7 heteroatoms. The van der Waals surface area contributed by atoms with Crippen LogP contribution in [0.4, 0.5) is 5.82 Å². The molecule has 0 aliphatic carbocycles. The van der Waals surface area contributed by atoms with Crippen molar-refractivity contribution in [1.82, 2.24) is 19.9 Å². The minimum atomic E-state index is -0.420. The van der Waals surface area contributed by atoms with E-state index in [1.807, 2.05) is 6.92 Å². The van der Waals surface area contributed by atoms with Gasteiger partial charge in [-0.15, -0.1) is 0 Å². The maximum absolute atomic E-state index is 12.7. The predicted molar refractivity (Wildman–Crippen MR) is 84.9 cm³/mol. The number of carbonyl (C=O) groups is 1. The molecule has 0 radical (unpaired) electrons. The highest BCUT2D eigenvalue weighted by Gasteiger charge is 2.60. The Labute approximate surface area is 134 Å². The second-order valence-corrected chi connectivity index (χ2v) is 6.39. The van der Waals surface area contributed by atoms with E-state index in [0.717, 1.165) is 37.0 Å². The molecule has 2 aliphatic heterocycles. The Balaban J connectivity index is 1.77. The lowest BCUT2D eigenvalue weighted by Crippen LogP contribution is -2.44. The van der Waals surface area contributed by atoms with E-state index >= 15 is 0 Å². The number of rotatable bonds is 4. The van der Waals surface area contributed by atoms with Crippen LogP contribution in [0.15, 0.2) is 12.7 Å². The first-order chi connectivity index (χ1) is 11.2. The normalized spacial score (nSPS) is 29.4. The highest BCUT2D eigenvalue weighted by Crippen LogP contribution is 2.54. The number of nitrogens with one attached hydrogen (secondary N) is 1. The molecular formula is C16H21N5O2. The van der Waals surface area contributed by atoms with E-state index in [1.54, 1.807) is 12.7 Å². The van der Waals surface area contributed by atoms with Crippen LogP contribution in [0.1, 0.15) is 39.5 Å². The summed E-state index contributed by atoms with van der Waals surface area (Å²) in [5.74, 6) is 0.800. The summed E-state index contributed by atoms with van der Waals surface area (Å²) in [5.41, 5.74) is 1.09. The molecule has 0 saturated carbocycles. The maximum atomic E-state index is 12.7. The lowest BCUT2D eigenvalue weighted by molar-refractivity contribution is -0.157. The van der Waals surface area contributed by atoms with Crippen LogP contribution in [0.5, 0.6) is 0 Å². The third-order valence-electron chi connectivity index (χ3n) is 5.50. The summed E-state index contributed by atoms with van der Waals surface area (Å²) in [7, 11) is 0. The van der Waals surface area contributed by atoms with Gasteiger partial charge in [0.2, 0.25) is 0 Å². The topological polar surface area (TPSA) is 84.0 Å². The molecule has 1 N–H and O–H groups in total. The SMILES string of the molecule is CCOC(=O)[C@@]1(CC)C[C@H]2CC[C@@H]1N2c1ncnc2nc[nH]c12. The van der Waals surface area contributed by atoms with Crippen molar-refractivity contribution in [1.29, 1.82) is 0 Å². The molecular weight excluding hydrogens is 294 g/mol. The fraction of sp³-hybridized carbons (Fsp3) is 0.625. The molecule has 2 fully saturated rings. The highest BCUT2D eigenvalue weighted by atomic mass is 16.5. The zero-order chi connectivity index (χ0) is 16.0. The number of nitrogens with zero attached hydrogens (tertiary/aromatic N) is 4. The van der Waals surface area contributed by atoms with Crippen molar-refractivity contribution in [2.75, 3.05) is 11.5 Å². The van der Waals surface area contributed by atoms with E-state index in [4.69, 9.17) is 4.74 Å². The molecule has 2 aliphatic rings. The number of hydrogen-bond donors (Lipinski definition) is 1. The zero-order valence-electron chi connectivity index (χ0n) is 13.5. The monoisotopic (exact) mass is 315 g/mol. The molecule has 0 spiro atoms. The summed E-state index contributed by atoms with van der Waals surface area (Å²) in [6, 6.07) is 0.462. The lowest BCUT2D eigenvalue weighted by Gasteiger charge is -2.34. The summed E-state index contributed by atoms with van der Waals surface area (Å²) in [6.07, 6.45) is 6.91. The molecule has 2 saturated heterocycles. The molecule has 0 unspecified atom stereocenters. The van der Waals surface area contributed by atoms with Gasteiger partial charge in [0.05, 0.1) is 18.3 Å². The van der Waals surface area contributed by atoms with Gasteiger partial charge in [0.15, 0.2) is 11.5 Å². The van der Waals surface area contributed by atoms with Gasteiger partial charge in [-0.1, -0.05) is 6.92 Å². The molecule has 0 amide bonds. The average Bonchev–Trinajstić information content (AvgIpc) is 3.27. The second kappa shape index (κ2) is 5.18. The molecule has 3 atom stereocenters.